The van der Waals surface area contributed by atoms with Gasteiger partial charge in [-0.1, -0.05) is 54.1 Å². The molecule has 0 aliphatic heterocycles. The lowest BCUT2D eigenvalue weighted by atomic mass is 10.1. The van der Waals surface area contributed by atoms with Gasteiger partial charge in [-0.2, -0.15) is 4.72 Å². The molecule has 1 unspecified atom stereocenters. The van der Waals surface area contributed by atoms with E-state index >= 15 is 0 Å². The van der Waals surface area contributed by atoms with Crippen molar-refractivity contribution >= 4 is 16.1 Å². The number of sulfonamides is 1. The lowest BCUT2D eigenvalue weighted by Gasteiger charge is -2.14. The Labute approximate surface area is 119 Å². The first kappa shape index (κ1) is 13.1. The third kappa shape index (κ3) is 2.40. The first-order chi connectivity index (χ1) is 9.56. The van der Waals surface area contributed by atoms with Crippen molar-refractivity contribution in [2.24, 2.45) is 0 Å². The zero-order valence-corrected chi connectivity index (χ0v) is 11.9. The third-order valence-electron chi connectivity index (χ3n) is 3.41. The van der Waals surface area contributed by atoms with E-state index in [0.717, 1.165) is 16.7 Å². The minimum Gasteiger partial charge on any atom is -0.207 e. The second-order valence-corrected chi connectivity index (χ2v) is 6.61. The summed E-state index contributed by atoms with van der Waals surface area (Å²) >= 11 is 0. The van der Waals surface area contributed by atoms with E-state index in [9.17, 15) is 8.42 Å². The Kier molecular flexibility index (Phi) is 3.20. The van der Waals surface area contributed by atoms with E-state index in [1.54, 1.807) is 24.3 Å². The molecule has 3 rings (SSSR count). The maximum Gasteiger partial charge on any atom is 0.241 e. The minimum atomic E-state index is -3.50. The van der Waals surface area contributed by atoms with E-state index in [0.29, 0.717) is 4.90 Å². The average molecular weight is 285 g/mol. The summed E-state index contributed by atoms with van der Waals surface area (Å²) in [5.74, 6) is 0. The lowest BCUT2D eigenvalue weighted by Crippen LogP contribution is -2.26. The normalized spacial score (nSPS) is 17.1. The Hall–Kier alpha value is -1.91. The summed E-state index contributed by atoms with van der Waals surface area (Å²) in [5.41, 5.74) is 3.09. The molecule has 0 bridgehead atoms. The van der Waals surface area contributed by atoms with Crippen LogP contribution < -0.4 is 4.72 Å². The van der Waals surface area contributed by atoms with Crippen LogP contribution in [0.4, 0.5) is 0 Å². The third-order valence-corrected chi connectivity index (χ3v) is 4.87. The Bertz CT molecular complexity index is 761. The Morgan fingerprint density at radius 1 is 1.00 bits per heavy atom. The van der Waals surface area contributed by atoms with E-state index in [1.165, 1.54) is 0 Å². The molecule has 0 heterocycles. The maximum atomic E-state index is 12.4. The van der Waals surface area contributed by atoms with E-state index in [4.69, 9.17) is 0 Å². The van der Waals surface area contributed by atoms with Gasteiger partial charge in [0.05, 0.1) is 10.9 Å². The SMILES string of the molecule is Cc1ccc(S(=O)(=O)NC2C=Cc3ccccc32)cc1. The highest BCUT2D eigenvalue weighted by atomic mass is 32.2. The van der Waals surface area contributed by atoms with E-state index in [-0.39, 0.29) is 6.04 Å². The predicted molar refractivity (Wildman–Crippen MR) is 79.7 cm³/mol. The molecular weight excluding hydrogens is 270 g/mol. The highest BCUT2D eigenvalue weighted by Gasteiger charge is 2.23. The number of nitrogens with one attached hydrogen (secondary N) is 1. The largest absolute Gasteiger partial charge is 0.241 e. The van der Waals surface area contributed by atoms with Crippen LogP contribution in [0.25, 0.3) is 6.08 Å². The number of aryl methyl sites for hydroxylation is 1. The van der Waals surface area contributed by atoms with Gasteiger partial charge in [0.1, 0.15) is 0 Å². The summed E-state index contributed by atoms with van der Waals surface area (Å²) in [6.07, 6.45) is 3.81. The van der Waals surface area contributed by atoms with Crippen LogP contribution in [0, 0.1) is 6.92 Å². The van der Waals surface area contributed by atoms with Crippen molar-refractivity contribution in [3.8, 4) is 0 Å². The Balaban J connectivity index is 1.89. The van der Waals surface area contributed by atoms with Gasteiger partial charge < -0.3 is 0 Å². The van der Waals surface area contributed by atoms with Crippen LogP contribution in [0.15, 0.2) is 59.5 Å². The van der Waals surface area contributed by atoms with Crippen LogP contribution in [0.1, 0.15) is 22.7 Å². The van der Waals surface area contributed by atoms with Crippen LogP contribution in [0.3, 0.4) is 0 Å². The summed E-state index contributed by atoms with van der Waals surface area (Å²) < 4.78 is 27.5. The number of hydrogen-bond acceptors (Lipinski definition) is 2. The highest BCUT2D eigenvalue weighted by Crippen LogP contribution is 2.29. The van der Waals surface area contributed by atoms with Crippen molar-refractivity contribution in [2.45, 2.75) is 17.9 Å². The molecule has 0 spiro atoms. The van der Waals surface area contributed by atoms with Gasteiger partial charge in [-0.05, 0) is 30.2 Å². The van der Waals surface area contributed by atoms with Crippen LogP contribution >= 0.6 is 0 Å². The van der Waals surface area contributed by atoms with Crippen LogP contribution in [0.5, 0.6) is 0 Å². The summed E-state index contributed by atoms with van der Waals surface area (Å²) in [5, 5.41) is 0. The molecule has 0 saturated heterocycles. The first-order valence-electron chi connectivity index (χ1n) is 6.42. The molecule has 0 fully saturated rings. The van der Waals surface area contributed by atoms with Crippen LogP contribution in [0.2, 0.25) is 0 Å². The Morgan fingerprint density at radius 3 is 2.45 bits per heavy atom. The monoisotopic (exact) mass is 285 g/mol. The minimum absolute atomic E-state index is 0.292. The average Bonchev–Trinajstić information content (AvgIpc) is 2.82. The first-order valence-corrected chi connectivity index (χ1v) is 7.91. The van der Waals surface area contributed by atoms with Crippen LogP contribution in [-0.2, 0) is 10.0 Å². The standard InChI is InChI=1S/C16H15NO2S/c1-12-6-9-14(10-7-12)20(18,19)17-16-11-8-13-4-2-3-5-15(13)16/h2-11,16-17H,1H3. The smallest absolute Gasteiger partial charge is 0.207 e. The molecule has 1 atom stereocenters. The van der Waals surface area contributed by atoms with Gasteiger partial charge in [0.25, 0.3) is 0 Å². The quantitative estimate of drug-likeness (QED) is 0.942. The van der Waals surface area contributed by atoms with Gasteiger partial charge in [0.2, 0.25) is 10.0 Å². The zero-order valence-electron chi connectivity index (χ0n) is 11.1. The molecule has 0 amide bonds. The van der Waals surface area contributed by atoms with Crippen molar-refractivity contribution in [1.29, 1.82) is 0 Å². The van der Waals surface area contributed by atoms with Gasteiger partial charge in [-0.15, -0.1) is 0 Å². The van der Waals surface area contributed by atoms with Crippen molar-refractivity contribution in [2.75, 3.05) is 0 Å². The predicted octanol–water partition coefficient (Wildman–Crippen LogP) is 3.04. The summed E-state index contributed by atoms with van der Waals surface area (Å²) in [4.78, 5) is 0.292. The fourth-order valence-corrected chi connectivity index (χ4v) is 3.48. The molecule has 2 aromatic carbocycles. The molecule has 1 aliphatic rings. The molecule has 0 saturated carbocycles. The molecule has 2 aromatic rings. The second-order valence-electron chi connectivity index (χ2n) is 4.90. The number of benzene rings is 2. The van der Waals surface area contributed by atoms with Gasteiger partial charge in [0.15, 0.2) is 0 Å². The van der Waals surface area contributed by atoms with E-state index < -0.39 is 10.0 Å². The van der Waals surface area contributed by atoms with Crippen molar-refractivity contribution < 1.29 is 8.42 Å². The van der Waals surface area contributed by atoms with Gasteiger partial charge in [-0.25, -0.2) is 8.42 Å². The Morgan fingerprint density at radius 2 is 1.70 bits per heavy atom. The molecule has 20 heavy (non-hydrogen) atoms. The van der Waals surface area contributed by atoms with Gasteiger partial charge >= 0.3 is 0 Å². The fourth-order valence-electron chi connectivity index (χ4n) is 2.30. The number of hydrogen-bond donors (Lipinski definition) is 1. The topological polar surface area (TPSA) is 46.2 Å². The van der Waals surface area contributed by atoms with Gasteiger partial charge in [0, 0.05) is 0 Å². The van der Waals surface area contributed by atoms with E-state index in [1.807, 2.05) is 43.3 Å². The number of fused-ring (bicyclic) bond motifs is 1. The molecular formula is C16H15NO2S. The lowest BCUT2D eigenvalue weighted by molar-refractivity contribution is 0.575. The zero-order chi connectivity index (χ0) is 14.2. The molecule has 0 radical (unpaired) electrons. The van der Waals surface area contributed by atoms with Crippen LogP contribution in [-0.4, -0.2) is 8.42 Å². The summed E-state index contributed by atoms with van der Waals surface area (Å²) in [6, 6.07) is 14.3. The van der Waals surface area contributed by atoms with Crippen molar-refractivity contribution in [1.82, 2.24) is 4.72 Å². The maximum absolute atomic E-state index is 12.4. The summed E-state index contributed by atoms with van der Waals surface area (Å²) in [6.45, 7) is 1.93. The highest BCUT2D eigenvalue weighted by molar-refractivity contribution is 7.89. The molecule has 4 heteroatoms. The fraction of sp³-hybridized carbons (Fsp3) is 0.125. The number of rotatable bonds is 3. The second kappa shape index (κ2) is 4.89. The van der Waals surface area contributed by atoms with Crippen molar-refractivity contribution in [3.63, 3.8) is 0 Å². The molecule has 1 N–H and O–H groups in total. The molecule has 3 nitrogen and oxygen atoms in total. The summed E-state index contributed by atoms with van der Waals surface area (Å²) in [7, 11) is -3.50. The van der Waals surface area contributed by atoms with Gasteiger partial charge in [-0.3, -0.25) is 0 Å². The van der Waals surface area contributed by atoms with Crippen molar-refractivity contribution in [3.05, 3.63) is 71.3 Å². The molecule has 102 valence electrons. The van der Waals surface area contributed by atoms with E-state index in [2.05, 4.69) is 4.72 Å². The molecule has 1 aliphatic carbocycles. The molecule has 0 aromatic heterocycles.